The van der Waals surface area contributed by atoms with Gasteiger partial charge in [-0.1, -0.05) is 43.3 Å². The molecule has 2 nitrogen and oxygen atoms in total. The Morgan fingerprint density at radius 2 is 1.61 bits per heavy atom. The molecule has 0 heterocycles. The van der Waals surface area contributed by atoms with Crippen molar-refractivity contribution in [1.82, 2.24) is 0 Å². The average molecular weight is 242 g/mol. The van der Waals surface area contributed by atoms with Gasteiger partial charge in [0.1, 0.15) is 11.5 Å². The fraction of sp³-hybridized carbons (Fsp3) is 0.250. The first-order valence-electron chi connectivity index (χ1n) is 6.03. The van der Waals surface area contributed by atoms with Gasteiger partial charge in [-0.15, -0.1) is 0 Å². The molecular formula is C16H18O2. The Kier molecular flexibility index (Phi) is 3.88. The summed E-state index contributed by atoms with van der Waals surface area (Å²) in [6, 6.07) is 16.4. The SMILES string of the molecule is COc1ccc(C(C)c2ccccc2)c(OC)c1. The molecule has 2 rings (SSSR count). The number of hydrogen-bond donors (Lipinski definition) is 0. The van der Waals surface area contributed by atoms with Gasteiger partial charge in [0.15, 0.2) is 0 Å². The maximum absolute atomic E-state index is 5.45. The molecule has 1 atom stereocenters. The summed E-state index contributed by atoms with van der Waals surface area (Å²) in [7, 11) is 3.35. The molecule has 0 bridgehead atoms. The van der Waals surface area contributed by atoms with Crippen molar-refractivity contribution in [2.75, 3.05) is 14.2 Å². The maximum Gasteiger partial charge on any atom is 0.126 e. The first-order valence-corrected chi connectivity index (χ1v) is 6.03. The van der Waals surface area contributed by atoms with Gasteiger partial charge < -0.3 is 9.47 Å². The highest BCUT2D eigenvalue weighted by atomic mass is 16.5. The maximum atomic E-state index is 5.45. The summed E-state index contributed by atoms with van der Waals surface area (Å²) in [6.07, 6.45) is 0. The van der Waals surface area contributed by atoms with Crippen LogP contribution in [0.25, 0.3) is 0 Å². The number of benzene rings is 2. The Balaban J connectivity index is 2.38. The van der Waals surface area contributed by atoms with Crippen LogP contribution < -0.4 is 9.47 Å². The summed E-state index contributed by atoms with van der Waals surface area (Å²) in [5.74, 6) is 1.98. The van der Waals surface area contributed by atoms with Gasteiger partial charge in [-0.3, -0.25) is 0 Å². The van der Waals surface area contributed by atoms with Crippen molar-refractivity contribution < 1.29 is 9.47 Å². The highest BCUT2D eigenvalue weighted by molar-refractivity contribution is 5.45. The number of methoxy groups -OCH3 is 2. The third-order valence-corrected chi connectivity index (χ3v) is 3.21. The van der Waals surface area contributed by atoms with Gasteiger partial charge in [-0.25, -0.2) is 0 Å². The topological polar surface area (TPSA) is 18.5 Å². The average Bonchev–Trinajstić information content (AvgIpc) is 2.46. The molecule has 18 heavy (non-hydrogen) atoms. The minimum Gasteiger partial charge on any atom is -0.497 e. The van der Waals surface area contributed by atoms with E-state index in [2.05, 4.69) is 37.3 Å². The summed E-state index contributed by atoms with van der Waals surface area (Å²) in [5, 5.41) is 0. The summed E-state index contributed by atoms with van der Waals surface area (Å²) in [4.78, 5) is 0. The lowest BCUT2D eigenvalue weighted by atomic mass is 9.92. The molecule has 0 aromatic heterocycles. The zero-order valence-corrected chi connectivity index (χ0v) is 11.0. The third kappa shape index (κ3) is 2.48. The minimum atomic E-state index is 0.298. The number of hydrogen-bond acceptors (Lipinski definition) is 2. The van der Waals surface area contributed by atoms with E-state index >= 15 is 0 Å². The van der Waals surface area contributed by atoms with Crippen LogP contribution in [0.5, 0.6) is 11.5 Å². The lowest BCUT2D eigenvalue weighted by molar-refractivity contribution is 0.390. The molecule has 94 valence electrons. The largest absolute Gasteiger partial charge is 0.497 e. The summed E-state index contributed by atoms with van der Waals surface area (Å²) < 4.78 is 10.7. The first kappa shape index (κ1) is 12.5. The zero-order valence-electron chi connectivity index (χ0n) is 11.0. The first-order chi connectivity index (χ1) is 8.76. The minimum absolute atomic E-state index is 0.298. The van der Waals surface area contributed by atoms with Crippen LogP contribution in [-0.4, -0.2) is 14.2 Å². The highest BCUT2D eigenvalue weighted by Crippen LogP contribution is 2.33. The van der Waals surface area contributed by atoms with Crippen LogP contribution in [0.15, 0.2) is 48.5 Å². The second-order valence-electron chi connectivity index (χ2n) is 4.24. The molecule has 0 fully saturated rings. The van der Waals surface area contributed by atoms with Gasteiger partial charge in [0, 0.05) is 17.5 Å². The molecule has 2 aromatic carbocycles. The van der Waals surface area contributed by atoms with E-state index in [4.69, 9.17) is 9.47 Å². The molecule has 0 aliphatic rings. The van der Waals surface area contributed by atoms with E-state index in [-0.39, 0.29) is 0 Å². The second kappa shape index (κ2) is 5.58. The predicted octanol–water partition coefficient (Wildman–Crippen LogP) is 3.86. The molecule has 2 aromatic rings. The van der Waals surface area contributed by atoms with Gasteiger partial charge in [0.2, 0.25) is 0 Å². The monoisotopic (exact) mass is 242 g/mol. The van der Waals surface area contributed by atoms with E-state index in [9.17, 15) is 0 Å². The van der Waals surface area contributed by atoms with Crippen molar-refractivity contribution in [2.24, 2.45) is 0 Å². The summed E-state index contributed by atoms with van der Waals surface area (Å²) in [6.45, 7) is 2.18. The van der Waals surface area contributed by atoms with Crippen LogP contribution in [-0.2, 0) is 0 Å². The lowest BCUT2D eigenvalue weighted by Gasteiger charge is -2.17. The van der Waals surface area contributed by atoms with E-state index in [0.29, 0.717) is 5.92 Å². The van der Waals surface area contributed by atoms with Gasteiger partial charge in [-0.05, 0) is 11.6 Å². The predicted molar refractivity (Wildman–Crippen MR) is 73.5 cm³/mol. The van der Waals surface area contributed by atoms with Gasteiger partial charge in [-0.2, -0.15) is 0 Å². The van der Waals surface area contributed by atoms with Crippen LogP contribution in [0.2, 0.25) is 0 Å². The Morgan fingerprint density at radius 3 is 2.22 bits per heavy atom. The standard InChI is InChI=1S/C16H18O2/c1-12(13-7-5-4-6-8-13)15-10-9-14(17-2)11-16(15)18-3/h4-12H,1-3H3. The fourth-order valence-corrected chi connectivity index (χ4v) is 2.10. The smallest absolute Gasteiger partial charge is 0.126 e. The molecule has 0 saturated carbocycles. The van der Waals surface area contributed by atoms with E-state index in [1.165, 1.54) is 11.1 Å². The Hall–Kier alpha value is -1.96. The zero-order chi connectivity index (χ0) is 13.0. The number of rotatable bonds is 4. The molecule has 2 heteroatoms. The lowest BCUT2D eigenvalue weighted by Crippen LogP contribution is -2.00. The molecule has 0 spiro atoms. The van der Waals surface area contributed by atoms with Gasteiger partial charge in [0.05, 0.1) is 14.2 Å². The van der Waals surface area contributed by atoms with E-state index in [1.807, 2.05) is 18.2 Å². The van der Waals surface area contributed by atoms with Crippen molar-refractivity contribution in [3.63, 3.8) is 0 Å². The van der Waals surface area contributed by atoms with Crippen molar-refractivity contribution in [3.05, 3.63) is 59.7 Å². The fourth-order valence-electron chi connectivity index (χ4n) is 2.10. The molecule has 0 aliphatic heterocycles. The molecule has 0 aliphatic carbocycles. The quantitative estimate of drug-likeness (QED) is 0.810. The van der Waals surface area contributed by atoms with E-state index < -0.39 is 0 Å². The number of ether oxygens (including phenoxy) is 2. The van der Waals surface area contributed by atoms with Gasteiger partial charge in [0.25, 0.3) is 0 Å². The van der Waals surface area contributed by atoms with Crippen LogP contribution in [0.3, 0.4) is 0 Å². The van der Waals surface area contributed by atoms with Crippen LogP contribution >= 0.6 is 0 Å². The Morgan fingerprint density at radius 1 is 0.889 bits per heavy atom. The van der Waals surface area contributed by atoms with Crippen molar-refractivity contribution in [3.8, 4) is 11.5 Å². The Bertz CT molecular complexity index is 506. The second-order valence-corrected chi connectivity index (χ2v) is 4.24. The Labute approximate surface area is 108 Å². The molecule has 1 unspecified atom stereocenters. The van der Waals surface area contributed by atoms with E-state index in [1.54, 1.807) is 14.2 Å². The van der Waals surface area contributed by atoms with Crippen LogP contribution in [0.4, 0.5) is 0 Å². The molecule has 0 radical (unpaired) electrons. The van der Waals surface area contributed by atoms with Crippen LogP contribution in [0, 0.1) is 0 Å². The van der Waals surface area contributed by atoms with Crippen LogP contribution in [0.1, 0.15) is 24.0 Å². The summed E-state index contributed by atoms with van der Waals surface area (Å²) >= 11 is 0. The third-order valence-electron chi connectivity index (χ3n) is 3.21. The molecule has 0 amide bonds. The van der Waals surface area contributed by atoms with Crippen molar-refractivity contribution in [2.45, 2.75) is 12.8 Å². The van der Waals surface area contributed by atoms with Crippen molar-refractivity contribution in [1.29, 1.82) is 0 Å². The van der Waals surface area contributed by atoms with Gasteiger partial charge >= 0.3 is 0 Å². The normalized spacial score (nSPS) is 11.9. The molecule has 0 N–H and O–H groups in total. The highest BCUT2D eigenvalue weighted by Gasteiger charge is 2.13. The molecular weight excluding hydrogens is 224 g/mol. The summed E-state index contributed by atoms with van der Waals surface area (Å²) in [5.41, 5.74) is 2.45. The van der Waals surface area contributed by atoms with E-state index in [0.717, 1.165) is 11.5 Å². The van der Waals surface area contributed by atoms with Crippen molar-refractivity contribution >= 4 is 0 Å². The molecule has 0 saturated heterocycles.